The van der Waals surface area contributed by atoms with Gasteiger partial charge >= 0.3 is 0 Å². The standard InChI is InChI=1S/C23H47NO2/c1-4-5-6-7-8-9-10-11-12-13-14-15-16-17-18-19-20-26-22-23(21-25)24(2)3/h11-12,23,25H,4-10,13-22H2,1-3H3/b12-11-. The van der Waals surface area contributed by atoms with Crippen LogP contribution in [0.5, 0.6) is 0 Å². The molecule has 0 radical (unpaired) electrons. The average molecular weight is 370 g/mol. The van der Waals surface area contributed by atoms with Gasteiger partial charge in [-0.3, -0.25) is 0 Å². The normalized spacial score (nSPS) is 13.1. The third-order valence-corrected chi connectivity index (χ3v) is 5.05. The molecule has 1 N–H and O–H groups in total. The second-order valence-corrected chi connectivity index (χ2v) is 7.81. The van der Waals surface area contributed by atoms with E-state index in [0.717, 1.165) is 13.0 Å². The van der Waals surface area contributed by atoms with E-state index in [0.29, 0.717) is 6.61 Å². The lowest BCUT2D eigenvalue weighted by Crippen LogP contribution is -2.35. The third-order valence-electron chi connectivity index (χ3n) is 5.05. The number of ether oxygens (including phenoxy) is 1. The van der Waals surface area contributed by atoms with Crippen LogP contribution in [-0.4, -0.2) is 50.0 Å². The van der Waals surface area contributed by atoms with Crippen LogP contribution < -0.4 is 0 Å². The Morgan fingerprint density at radius 3 is 1.77 bits per heavy atom. The minimum atomic E-state index is 0.129. The highest BCUT2D eigenvalue weighted by Crippen LogP contribution is 2.10. The molecule has 0 aromatic rings. The number of hydrogen-bond donors (Lipinski definition) is 1. The van der Waals surface area contributed by atoms with Gasteiger partial charge in [-0.2, -0.15) is 0 Å². The second kappa shape index (κ2) is 20.9. The van der Waals surface area contributed by atoms with Crippen LogP contribution in [0.1, 0.15) is 96.8 Å². The molecule has 3 nitrogen and oxygen atoms in total. The lowest BCUT2D eigenvalue weighted by molar-refractivity contribution is 0.0498. The molecule has 0 aliphatic rings. The Bertz CT molecular complexity index is 292. The minimum Gasteiger partial charge on any atom is -0.395 e. The van der Waals surface area contributed by atoms with Crippen molar-refractivity contribution in [2.45, 2.75) is 103 Å². The summed E-state index contributed by atoms with van der Waals surface area (Å²) >= 11 is 0. The number of aliphatic hydroxyl groups excluding tert-OH is 1. The summed E-state index contributed by atoms with van der Waals surface area (Å²) in [5, 5.41) is 9.21. The van der Waals surface area contributed by atoms with Crippen molar-refractivity contribution in [3.8, 4) is 0 Å². The molecule has 1 atom stereocenters. The number of nitrogens with zero attached hydrogens (tertiary/aromatic N) is 1. The van der Waals surface area contributed by atoms with Gasteiger partial charge in [0, 0.05) is 6.61 Å². The van der Waals surface area contributed by atoms with Gasteiger partial charge in [0.15, 0.2) is 0 Å². The van der Waals surface area contributed by atoms with E-state index in [1.54, 1.807) is 0 Å². The van der Waals surface area contributed by atoms with Crippen LogP contribution in [0.4, 0.5) is 0 Å². The molecule has 0 bridgehead atoms. The zero-order chi connectivity index (χ0) is 19.3. The van der Waals surface area contributed by atoms with Crippen LogP contribution >= 0.6 is 0 Å². The maximum Gasteiger partial charge on any atom is 0.0644 e. The molecule has 0 heterocycles. The first-order valence-electron chi connectivity index (χ1n) is 11.2. The summed E-state index contributed by atoms with van der Waals surface area (Å²) in [6, 6.07) is 0.129. The van der Waals surface area contributed by atoms with Crippen molar-refractivity contribution in [3.63, 3.8) is 0 Å². The molecule has 0 aliphatic carbocycles. The summed E-state index contributed by atoms with van der Waals surface area (Å²) in [5.74, 6) is 0. The van der Waals surface area contributed by atoms with Crippen molar-refractivity contribution >= 4 is 0 Å². The van der Waals surface area contributed by atoms with E-state index >= 15 is 0 Å². The molecule has 0 aromatic heterocycles. The van der Waals surface area contributed by atoms with E-state index in [1.807, 2.05) is 19.0 Å². The Kier molecular flexibility index (Phi) is 20.6. The molecule has 0 spiro atoms. The largest absolute Gasteiger partial charge is 0.395 e. The van der Waals surface area contributed by atoms with Gasteiger partial charge in [0.2, 0.25) is 0 Å². The van der Waals surface area contributed by atoms with E-state index in [1.165, 1.54) is 83.5 Å². The lowest BCUT2D eigenvalue weighted by Gasteiger charge is -2.21. The summed E-state index contributed by atoms with van der Waals surface area (Å²) < 4.78 is 5.66. The molecule has 0 saturated heterocycles. The third kappa shape index (κ3) is 18.4. The molecule has 26 heavy (non-hydrogen) atoms. The summed E-state index contributed by atoms with van der Waals surface area (Å²) in [5.41, 5.74) is 0. The van der Waals surface area contributed by atoms with Crippen LogP contribution in [0.3, 0.4) is 0 Å². The highest BCUT2D eigenvalue weighted by Gasteiger charge is 2.09. The van der Waals surface area contributed by atoms with Crippen molar-refractivity contribution in [2.24, 2.45) is 0 Å². The van der Waals surface area contributed by atoms with E-state index in [-0.39, 0.29) is 12.6 Å². The van der Waals surface area contributed by atoms with Crippen molar-refractivity contribution < 1.29 is 9.84 Å². The number of aliphatic hydroxyl groups is 1. The molecule has 0 aliphatic heterocycles. The Morgan fingerprint density at radius 2 is 1.27 bits per heavy atom. The predicted molar refractivity (Wildman–Crippen MR) is 115 cm³/mol. The van der Waals surface area contributed by atoms with Gasteiger partial charge in [-0.15, -0.1) is 0 Å². The van der Waals surface area contributed by atoms with Gasteiger partial charge in [-0.25, -0.2) is 0 Å². The van der Waals surface area contributed by atoms with Crippen molar-refractivity contribution in [2.75, 3.05) is 33.9 Å². The van der Waals surface area contributed by atoms with Crippen molar-refractivity contribution in [3.05, 3.63) is 12.2 Å². The van der Waals surface area contributed by atoms with Gasteiger partial charge < -0.3 is 14.7 Å². The monoisotopic (exact) mass is 369 g/mol. The number of likely N-dealkylation sites (N-methyl/N-ethyl adjacent to an activating group) is 1. The number of unbranched alkanes of at least 4 members (excludes halogenated alkanes) is 12. The average Bonchev–Trinajstić information content (AvgIpc) is 2.63. The highest BCUT2D eigenvalue weighted by atomic mass is 16.5. The summed E-state index contributed by atoms with van der Waals surface area (Å²) in [4.78, 5) is 2.02. The molecular weight excluding hydrogens is 322 g/mol. The number of allylic oxidation sites excluding steroid dienone is 2. The van der Waals surface area contributed by atoms with Crippen LogP contribution in [0.25, 0.3) is 0 Å². The maximum atomic E-state index is 9.21. The number of rotatable bonds is 20. The van der Waals surface area contributed by atoms with Gasteiger partial charge in [0.05, 0.1) is 19.3 Å². The van der Waals surface area contributed by atoms with Gasteiger partial charge in [0.1, 0.15) is 0 Å². The second-order valence-electron chi connectivity index (χ2n) is 7.81. The fraction of sp³-hybridized carbons (Fsp3) is 0.913. The minimum absolute atomic E-state index is 0.129. The van der Waals surface area contributed by atoms with Gasteiger partial charge in [-0.05, 0) is 46.2 Å². The Labute approximate surface area is 164 Å². The Balaban J connectivity index is 3.18. The quantitative estimate of drug-likeness (QED) is 0.212. The first-order valence-corrected chi connectivity index (χ1v) is 11.2. The molecule has 0 saturated carbocycles. The summed E-state index contributed by atoms with van der Waals surface area (Å²) in [6.07, 6.45) is 23.5. The van der Waals surface area contributed by atoms with Crippen LogP contribution in [0.15, 0.2) is 12.2 Å². The zero-order valence-corrected chi connectivity index (χ0v) is 18.1. The first-order chi connectivity index (χ1) is 12.7. The Hall–Kier alpha value is -0.380. The van der Waals surface area contributed by atoms with E-state index < -0.39 is 0 Å². The van der Waals surface area contributed by atoms with Gasteiger partial charge in [0.25, 0.3) is 0 Å². The fourth-order valence-corrected chi connectivity index (χ4v) is 3.04. The molecule has 0 amide bonds. The van der Waals surface area contributed by atoms with E-state index in [4.69, 9.17) is 4.74 Å². The molecule has 156 valence electrons. The van der Waals surface area contributed by atoms with Crippen molar-refractivity contribution in [1.29, 1.82) is 0 Å². The van der Waals surface area contributed by atoms with Crippen LogP contribution in [0, 0.1) is 0 Å². The fourth-order valence-electron chi connectivity index (χ4n) is 3.04. The number of hydrogen-bond acceptors (Lipinski definition) is 3. The van der Waals surface area contributed by atoms with Crippen molar-refractivity contribution in [1.82, 2.24) is 4.90 Å². The molecule has 0 rings (SSSR count). The first kappa shape index (κ1) is 25.6. The molecule has 0 fully saturated rings. The summed E-state index contributed by atoms with van der Waals surface area (Å²) in [6.45, 7) is 3.90. The highest BCUT2D eigenvalue weighted by molar-refractivity contribution is 4.81. The SMILES string of the molecule is CCCCCCCC/C=C\CCCCCCCCOCC(CO)N(C)C. The Morgan fingerprint density at radius 1 is 0.769 bits per heavy atom. The molecular formula is C23H47NO2. The van der Waals surface area contributed by atoms with Crippen LogP contribution in [-0.2, 0) is 4.74 Å². The lowest BCUT2D eigenvalue weighted by atomic mass is 10.1. The molecule has 1 unspecified atom stereocenters. The van der Waals surface area contributed by atoms with Gasteiger partial charge in [-0.1, -0.05) is 76.9 Å². The van der Waals surface area contributed by atoms with E-state index in [9.17, 15) is 5.11 Å². The van der Waals surface area contributed by atoms with E-state index in [2.05, 4.69) is 19.1 Å². The maximum absolute atomic E-state index is 9.21. The van der Waals surface area contributed by atoms with Crippen LogP contribution in [0.2, 0.25) is 0 Å². The predicted octanol–water partition coefficient (Wildman–Crippen LogP) is 5.96. The smallest absolute Gasteiger partial charge is 0.0644 e. The molecule has 0 aromatic carbocycles. The molecule has 3 heteroatoms. The summed E-state index contributed by atoms with van der Waals surface area (Å²) in [7, 11) is 3.96. The zero-order valence-electron chi connectivity index (χ0n) is 18.1. The topological polar surface area (TPSA) is 32.7 Å².